The summed E-state index contributed by atoms with van der Waals surface area (Å²) in [6.07, 6.45) is -1.40. The Morgan fingerprint density at radius 3 is 2.27 bits per heavy atom. The predicted octanol–water partition coefficient (Wildman–Crippen LogP) is 6.23. The van der Waals surface area contributed by atoms with E-state index in [0.29, 0.717) is 18.8 Å². The summed E-state index contributed by atoms with van der Waals surface area (Å²) in [6, 6.07) is 18.0. The Bertz CT molecular complexity index is 1140. The number of benzene rings is 2. The molecule has 1 N–H and O–H groups in total. The zero-order valence-corrected chi connectivity index (χ0v) is 23.3. The zero-order chi connectivity index (χ0) is 28.8. The van der Waals surface area contributed by atoms with Crippen LogP contribution in [0.2, 0.25) is 0 Å². The molecule has 2 unspecified atom stereocenters. The van der Waals surface area contributed by atoms with Gasteiger partial charge in [-0.05, 0) is 68.1 Å². The van der Waals surface area contributed by atoms with Crippen molar-refractivity contribution in [2.45, 2.75) is 56.7 Å². The van der Waals surface area contributed by atoms with Crippen LogP contribution in [0.3, 0.4) is 0 Å². The largest absolute Gasteiger partial charge is 0.446 e. The van der Waals surface area contributed by atoms with Gasteiger partial charge in [0.2, 0.25) is 0 Å². The van der Waals surface area contributed by atoms with Gasteiger partial charge in [0.1, 0.15) is 6.10 Å². The van der Waals surface area contributed by atoms with Gasteiger partial charge in [0.05, 0.1) is 17.0 Å². The molecule has 216 valence electrons. The van der Waals surface area contributed by atoms with Crippen molar-refractivity contribution in [1.29, 1.82) is 5.26 Å². The van der Waals surface area contributed by atoms with Crippen molar-refractivity contribution in [3.8, 4) is 6.07 Å². The number of nitrogens with zero attached hydrogens (tertiary/aromatic N) is 3. The molecule has 40 heavy (non-hydrogen) atoms. The van der Waals surface area contributed by atoms with E-state index in [1.807, 2.05) is 30.3 Å². The molecule has 2 atom stereocenters. The standard InChI is InChI=1S/C31H39F3N4O2/c1-3-7-28(40-29(39)36-2)18-30(22-35,24-8-5-4-6-9-24)25-14-16-37(17-15-25)19-23-20-38(21-23)27-12-10-26(11-13-27)31(32,33)34/h4-6,8-13,23,25,28H,3,7,14-21H2,1-2H3,(H,36,39). The second-order valence-corrected chi connectivity index (χ2v) is 11.1. The highest BCUT2D eigenvalue weighted by Gasteiger charge is 2.45. The topological polar surface area (TPSA) is 68.6 Å². The van der Waals surface area contributed by atoms with Crippen molar-refractivity contribution < 1.29 is 22.7 Å². The molecule has 4 rings (SSSR count). The highest BCUT2D eigenvalue weighted by molar-refractivity contribution is 5.66. The second kappa shape index (κ2) is 12.9. The number of amides is 1. The summed E-state index contributed by atoms with van der Waals surface area (Å²) in [5.41, 5.74) is 0.423. The number of alkyl halides is 3. The lowest BCUT2D eigenvalue weighted by Crippen LogP contribution is -2.53. The van der Waals surface area contributed by atoms with Crippen LogP contribution in [0.25, 0.3) is 0 Å². The quantitative estimate of drug-likeness (QED) is 0.376. The molecule has 6 nitrogen and oxygen atoms in total. The molecule has 2 aliphatic rings. The van der Waals surface area contributed by atoms with Gasteiger partial charge in [-0.15, -0.1) is 0 Å². The van der Waals surface area contributed by atoms with Gasteiger partial charge in [-0.2, -0.15) is 18.4 Å². The van der Waals surface area contributed by atoms with Crippen molar-refractivity contribution in [2.75, 3.05) is 44.7 Å². The highest BCUT2D eigenvalue weighted by Crippen LogP contribution is 2.43. The van der Waals surface area contributed by atoms with E-state index in [1.54, 1.807) is 19.2 Å². The summed E-state index contributed by atoms with van der Waals surface area (Å²) >= 11 is 0. The monoisotopic (exact) mass is 556 g/mol. The van der Waals surface area contributed by atoms with Crippen LogP contribution < -0.4 is 10.2 Å². The van der Waals surface area contributed by atoms with Crippen LogP contribution in [0.4, 0.5) is 23.7 Å². The van der Waals surface area contributed by atoms with Crippen molar-refractivity contribution in [1.82, 2.24) is 10.2 Å². The number of carbonyl (C=O) groups is 1. The van der Waals surface area contributed by atoms with Gasteiger partial charge in [0.15, 0.2) is 0 Å². The Balaban J connectivity index is 1.37. The van der Waals surface area contributed by atoms with Gasteiger partial charge in [0.25, 0.3) is 0 Å². The average Bonchev–Trinajstić information content (AvgIpc) is 2.94. The lowest BCUT2D eigenvalue weighted by atomic mass is 9.64. The van der Waals surface area contributed by atoms with Gasteiger partial charge in [-0.3, -0.25) is 0 Å². The van der Waals surface area contributed by atoms with Crippen LogP contribution in [0.15, 0.2) is 54.6 Å². The van der Waals surface area contributed by atoms with Crippen molar-refractivity contribution >= 4 is 11.8 Å². The van der Waals surface area contributed by atoms with E-state index < -0.39 is 23.2 Å². The van der Waals surface area contributed by atoms with Crippen LogP contribution in [0, 0.1) is 23.2 Å². The third-order valence-electron chi connectivity index (χ3n) is 8.44. The third-order valence-corrected chi connectivity index (χ3v) is 8.44. The van der Waals surface area contributed by atoms with Crippen LogP contribution in [-0.4, -0.2) is 56.9 Å². The van der Waals surface area contributed by atoms with Crippen LogP contribution in [0.1, 0.15) is 50.2 Å². The number of hydrogen-bond donors (Lipinski definition) is 1. The fraction of sp³-hybridized carbons (Fsp3) is 0.548. The Kier molecular flexibility index (Phi) is 9.62. The Morgan fingerprint density at radius 2 is 1.73 bits per heavy atom. The molecular formula is C31H39F3N4O2. The van der Waals surface area contributed by atoms with Crippen molar-refractivity contribution in [3.05, 3.63) is 65.7 Å². The zero-order valence-electron chi connectivity index (χ0n) is 23.3. The first-order valence-electron chi connectivity index (χ1n) is 14.2. The number of rotatable bonds is 10. The minimum atomic E-state index is -4.32. The first kappa shape index (κ1) is 29.7. The maximum atomic E-state index is 12.9. The van der Waals surface area contributed by atoms with E-state index in [2.05, 4.69) is 28.1 Å². The third kappa shape index (κ3) is 6.90. The first-order chi connectivity index (χ1) is 19.2. The smallest absolute Gasteiger partial charge is 0.416 e. The van der Waals surface area contributed by atoms with E-state index in [4.69, 9.17) is 4.74 Å². The molecule has 2 heterocycles. The summed E-state index contributed by atoms with van der Waals surface area (Å²) < 4.78 is 44.3. The number of anilines is 1. The minimum Gasteiger partial charge on any atom is -0.446 e. The number of hydrogen-bond acceptors (Lipinski definition) is 5. The highest BCUT2D eigenvalue weighted by atomic mass is 19.4. The SMILES string of the molecule is CCCC(CC(C#N)(c1ccccc1)C1CCN(CC2CN(c3ccc(C(F)(F)F)cc3)C2)CC1)OC(=O)NC. The number of likely N-dealkylation sites (tertiary alicyclic amines) is 1. The number of alkyl carbamates (subject to hydrolysis) is 1. The predicted molar refractivity (Wildman–Crippen MR) is 149 cm³/mol. The van der Waals surface area contributed by atoms with Crippen LogP contribution in [0.5, 0.6) is 0 Å². The molecule has 9 heteroatoms. The minimum absolute atomic E-state index is 0.133. The van der Waals surface area contributed by atoms with Gasteiger partial charge in [-0.25, -0.2) is 4.79 Å². The van der Waals surface area contributed by atoms with Crippen molar-refractivity contribution in [3.63, 3.8) is 0 Å². The van der Waals surface area contributed by atoms with Crippen LogP contribution in [-0.2, 0) is 16.3 Å². The maximum Gasteiger partial charge on any atom is 0.416 e. The first-order valence-corrected chi connectivity index (χ1v) is 14.2. The normalized spacial score (nSPS) is 19.2. The lowest BCUT2D eigenvalue weighted by molar-refractivity contribution is -0.137. The Hall–Kier alpha value is -3.25. The molecule has 0 saturated carbocycles. The molecule has 0 aromatic heterocycles. The second-order valence-electron chi connectivity index (χ2n) is 11.1. The molecule has 2 saturated heterocycles. The number of ether oxygens (including phenoxy) is 1. The Labute approximate surface area is 235 Å². The number of nitrogens with one attached hydrogen (secondary N) is 1. The Morgan fingerprint density at radius 1 is 1.07 bits per heavy atom. The lowest BCUT2D eigenvalue weighted by Gasteiger charge is -2.46. The molecule has 2 fully saturated rings. The van der Waals surface area contributed by atoms with E-state index in [-0.39, 0.29) is 12.0 Å². The molecule has 2 aliphatic heterocycles. The number of piperidine rings is 1. The van der Waals surface area contributed by atoms with Gasteiger partial charge in [-0.1, -0.05) is 43.7 Å². The summed E-state index contributed by atoms with van der Waals surface area (Å²) in [6.45, 7) is 6.40. The summed E-state index contributed by atoms with van der Waals surface area (Å²) in [5.74, 6) is 0.595. The van der Waals surface area contributed by atoms with Gasteiger partial charge >= 0.3 is 12.3 Å². The summed E-state index contributed by atoms with van der Waals surface area (Å²) in [5, 5.41) is 13.2. The molecule has 0 spiro atoms. The van der Waals surface area contributed by atoms with Crippen molar-refractivity contribution in [2.24, 2.45) is 11.8 Å². The molecule has 1 amide bonds. The van der Waals surface area contributed by atoms with E-state index in [0.717, 1.165) is 75.4 Å². The average molecular weight is 557 g/mol. The molecule has 0 radical (unpaired) electrons. The summed E-state index contributed by atoms with van der Waals surface area (Å²) in [4.78, 5) is 16.6. The van der Waals surface area contributed by atoms with Crippen LogP contribution >= 0.6 is 0 Å². The van der Waals surface area contributed by atoms with E-state index >= 15 is 0 Å². The molecule has 2 aromatic rings. The number of nitriles is 1. The molecular weight excluding hydrogens is 517 g/mol. The fourth-order valence-electron chi connectivity index (χ4n) is 6.28. The molecule has 0 aliphatic carbocycles. The number of halogens is 3. The van der Waals surface area contributed by atoms with Gasteiger partial charge < -0.3 is 19.9 Å². The fourth-order valence-corrected chi connectivity index (χ4v) is 6.28. The molecule has 2 aromatic carbocycles. The molecule has 0 bridgehead atoms. The van der Waals surface area contributed by atoms with E-state index in [9.17, 15) is 23.2 Å². The van der Waals surface area contributed by atoms with Gasteiger partial charge in [0, 0.05) is 44.7 Å². The number of carbonyl (C=O) groups excluding carboxylic acids is 1. The summed E-state index contributed by atoms with van der Waals surface area (Å²) in [7, 11) is 1.54. The van der Waals surface area contributed by atoms with E-state index in [1.165, 1.54) is 0 Å². The maximum absolute atomic E-state index is 12.9.